The maximum absolute atomic E-state index is 12.4. The van der Waals surface area contributed by atoms with Crippen molar-refractivity contribution < 1.29 is 8.42 Å². The normalized spacial score (nSPS) is 23.1. The molecule has 0 bridgehead atoms. The number of hydrogen-bond donors (Lipinski definition) is 1. The summed E-state index contributed by atoms with van der Waals surface area (Å²) in [5, 5.41) is 0.340. The second-order valence-corrected chi connectivity index (χ2v) is 9.07. The predicted molar refractivity (Wildman–Crippen MR) is 86.8 cm³/mol. The van der Waals surface area contributed by atoms with Crippen molar-refractivity contribution in [2.24, 2.45) is 0 Å². The van der Waals surface area contributed by atoms with Gasteiger partial charge in [-0.25, -0.2) is 18.1 Å². The fraction of sp³-hybridized carbons (Fsp3) is 0.583. The van der Waals surface area contributed by atoms with Gasteiger partial charge < -0.3 is 0 Å². The number of rotatable bonds is 5. The van der Waals surface area contributed by atoms with Crippen molar-refractivity contribution in [3.63, 3.8) is 0 Å². The van der Waals surface area contributed by atoms with Gasteiger partial charge in [0.2, 0.25) is 10.0 Å². The van der Waals surface area contributed by atoms with Gasteiger partial charge in [0.1, 0.15) is 10.0 Å². The van der Waals surface area contributed by atoms with E-state index in [0.29, 0.717) is 9.72 Å². The lowest BCUT2D eigenvalue weighted by molar-refractivity contribution is 0.554. The fourth-order valence-corrected chi connectivity index (χ4v) is 5.87. The summed E-state index contributed by atoms with van der Waals surface area (Å²) in [5.74, 6) is 0.988. The number of sulfonamides is 1. The molecule has 2 rings (SSSR count). The summed E-state index contributed by atoms with van der Waals surface area (Å²) in [5.41, 5.74) is 0. The summed E-state index contributed by atoms with van der Waals surface area (Å²) in [4.78, 5) is 3.90. The Bertz CT molecular complexity index is 583. The van der Waals surface area contributed by atoms with Gasteiger partial charge in [-0.3, -0.25) is 0 Å². The zero-order valence-electron chi connectivity index (χ0n) is 11.0. The molecule has 1 aliphatic carbocycles. The Hall–Kier alpha value is 0.180. The summed E-state index contributed by atoms with van der Waals surface area (Å²) in [7, 11) is -3.64. The molecule has 20 heavy (non-hydrogen) atoms. The van der Waals surface area contributed by atoms with Gasteiger partial charge >= 0.3 is 0 Å². The number of nitrogens with zero attached hydrogens (tertiary/aromatic N) is 1. The lowest BCUT2D eigenvalue weighted by Gasteiger charge is -2.20. The van der Waals surface area contributed by atoms with Crippen LogP contribution in [0.5, 0.6) is 0 Å². The van der Waals surface area contributed by atoms with Crippen LogP contribution in [0.25, 0.3) is 0 Å². The van der Waals surface area contributed by atoms with Crippen LogP contribution in [0.1, 0.15) is 26.2 Å². The van der Waals surface area contributed by atoms with E-state index in [9.17, 15) is 8.42 Å². The lowest BCUT2D eigenvalue weighted by Crippen LogP contribution is -2.38. The van der Waals surface area contributed by atoms with E-state index in [4.69, 9.17) is 11.6 Å². The van der Waals surface area contributed by atoms with Crippen molar-refractivity contribution in [3.8, 4) is 0 Å². The largest absolute Gasteiger partial charge is 0.243 e. The third kappa shape index (κ3) is 3.88. The summed E-state index contributed by atoms with van der Waals surface area (Å²) in [6.07, 6.45) is 4.45. The molecule has 1 saturated carbocycles. The first kappa shape index (κ1) is 16.5. The first-order chi connectivity index (χ1) is 9.44. The quantitative estimate of drug-likeness (QED) is 0.770. The number of halogens is 2. The number of thioether (sulfide) groups is 1. The van der Waals surface area contributed by atoms with Crippen LogP contribution in [-0.2, 0) is 10.0 Å². The van der Waals surface area contributed by atoms with E-state index >= 15 is 0 Å². The molecule has 1 N–H and O–H groups in total. The highest BCUT2D eigenvalue weighted by Gasteiger charge is 2.32. The second kappa shape index (κ2) is 6.96. The SMILES string of the molecule is CCSC1CCCC1NS(=O)(=O)c1cc(Br)cnc1Cl. The average Bonchev–Trinajstić information content (AvgIpc) is 2.79. The second-order valence-electron chi connectivity index (χ2n) is 4.59. The summed E-state index contributed by atoms with van der Waals surface area (Å²) >= 11 is 10.9. The van der Waals surface area contributed by atoms with Gasteiger partial charge in [-0.1, -0.05) is 24.9 Å². The zero-order chi connectivity index (χ0) is 14.8. The Kier molecular flexibility index (Phi) is 5.76. The van der Waals surface area contributed by atoms with E-state index in [2.05, 4.69) is 32.6 Å². The maximum Gasteiger partial charge on any atom is 0.243 e. The molecule has 0 amide bonds. The molecular formula is C12H16BrClN2O2S2. The van der Waals surface area contributed by atoms with Crippen LogP contribution in [0.3, 0.4) is 0 Å². The minimum Gasteiger partial charge on any atom is -0.242 e. The molecule has 1 aromatic heterocycles. The van der Waals surface area contributed by atoms with Crippen molar-refractivity contribution in [2.75, 3.05) is 5.75 Å². The molecule has 2 unspecified atom stereocenters. The Morgan fingerprint density at radius 1 is 1.55 bits per heavy atom. The van der Waals surface area contributed by atoms with Crippen LogP contribution in [0, 0.1) is 0 Å². The van der Waals surface area contributed by atoms with Gasteiger partial charge in [-0.05, 0) is 40.6 Å². The highest BCUT2D eigenvalue weighted by atomic mass is 79.9. The average molecular weight is 400 g/mol. The Balaban J connectivity index is 2.20. The molecule has 0 saturated heterocycles. The van der Waals surface area contributed by atoms with E-state index in [-0.39, 0.29) is 16.1 Å². The van der Waals surface area contributed by atoms with Gasteiger partial charge in [-0.2, -0.15) is 11.8 Å². The van der Waals surface area contributed by atoms with Crippen LogP contribution in [0.2, 0.25) is 5.15 Å². The first-order valence-electron chi connectivity index (χ1n) is 6.39. The van der Waals surface area contributed by atoms with Crippen LogP contribution in [0.15, 0.2) is 21.6 Å². The van der Waals surface area contributed by atoms with E-state index in [0.717, 1.165) is 25.0 Å². The van der Waals surface area contributed by atoms with Crippen LogP contribution in [0.4, 0.5) is 0 Å². The van der Waals surface area contributed by atoms with Crippen molar-refractivity contribution in [1.29, 1.82) is 0 Å². The van der Waals surface area contributed by atoms with Crippen LogP contribution in [-0.4, -0.2) is 30.4 Å². The van der Waals surface area contributed by atoms with Gasteiger partial charge in [0, 0.05) is 22.0 Å². The fourth-order valence-electron chi connectivity index (χ4n) is 2.33. The van der Waals surface area contributed by atoms with E-state index in [1.165, 1.54) is 12.3 Å². The molecule has 1 aromatic rings. The van der Waals surface area contributed by atoms with Gasteiger partial charge in [0.15, 0.2) is 0 Å². The number of hydrogen-bond acceptors (Lipinski definition) is 4. The molecule has 2 atom stereocenters. The summed E-state index contributed by atoms with van der Waals surface area (Å²) in [6, 6.07) is 1.45. The topological polar surface area (TPSA) is 59.1 Å². The standard InChI is InChI=1S/C12H16BrClN2O2S2/c1-2-19-10-5-3-4-9(10)16-20(17,18)11-6-8(13)7-15-12(11)14/h6-7,9-10,16H,2-5H2,1H3. The Morgan fingerprint density at radius 2 is 2.30 bits per heavy atom. The van der Waals surface area contributed by atoms with Crippen molar-refractivity contribution in [3.05, 3.63) is 21.9 Å². The molecule has 1 aliphatic rings. The highest BCUT2D eigenvalue weighted by Crippen LogP contribution is 2.31. The molecule has 112 valence electrons. The van der Waals surface area contributed by atoms with E-state index in [1.807, 2.05) is 0 Å². The van der Waals surface area contributed by atoms with Gasteiger partial charge in [-0.15, -0.1) is 0 Å². The number of nitrogens with one attached hydrogen (secondary N) is 1. The van der Waals surface area contributed by atoms with Gasteiger partial charge in [0.05, 0.1) is 0 Å². The molecule has 4 nitrogen and oxygen atoms in total. The van der Waals surface area contributed by atoms with Crippen molar-refractivity contribution >= 4 is 49.3 Å². The molecule has 1 heterocycles. The monoisotopic (exact) mass is 398 g/mol. The van der Waals surface area contributed by atoms with Crippen molar-refractivity contribution in [2.45, 2.75) is 42.4 Å². The minimum absolute atomic E-state index is 0.00149. The molecular weight excluding hydrogens is 384 g/mol. The van der Waals surface area contributed by atoms with E-state index < -0.39 is 10.0 Å². The molecule has 1 fully saturated rings. The molecule has 0 aliphatic heterocycles. The van der Waals surface area contributed by atoms with Crippen LogP contribution < -0.4 is 4.72 Å². The van der Waals surface area contributed by atoms with E-state index in [1.54, 1.807) is 11.8 Å². The predicted octanol–water partition coefficient (Wildman–Crippen LogP) is 3.45. The molecule has 0 radical (unpaired) electrons. The molecule has 8 heteroatoms. The maximum atomic E-state index is 12.4. The van der Waals surface area contributed by atoms with Crippen LogP contribution >= 0.6 is 39.3 Å². The number of aromatic nitrogens is 1. The first-order valence-corrected chi connectivity index (χ1v) is 10.1. The van der Waals surface area contributed by atoms with Crippen molar-refractivity contribution in [1.82, 2.24) is 9.71 Å². The Morgan fingerprint density at radius 3 is 3.00 bits per heavy atom. The smallest absolute Gasteiger partial charge is 0.242 e. The Labute approximate surface area is 137 Å². The zero-order valence-corrected chi connectivity index (χ0v) is 14.9. The summed E-state index contributed by atoms with van der Waals surface area (Å²) < 4.78 is 28.3. The molecule has 0 spiro atoms. The number of pyridine rings is 1. The highest BCUT2D eigenvalue weighted by molar-refractivity contribution is 9.10. The summed E-state index contributed by atoms with van der Waals surface area (Å²) in [6.45, 7) is 2.09. The van der Waals surface area contributed by atoms with Gasteiger partial charge in [0.25, 0.3) is 0 Å². The third-order valence-electron chi connectivity index (χ3n) is 3.20. The molecule has 0 aromatic carbocycles. The third-order valence-corrected chi connectivity index (χ3v) is 6.88. The minimum atomic E-state index is -3.64. The lowest BCUT2D eigenvalue weighted by atomic mass is 10.3.